The van der Waals surface area contributed by atoms with Crippen molar-refractivity contribution in [2.45, 2.75) is 25.4 Å². The number of barbiturate groups is 1. The fraction of sp³-hybridized carbons (Fsp3) is 0.207. The zero-order valence-corrected chi connectivity index (χ0v) is 20.3. The van der Waals surface area contributed by atoms with Crippen molar-refractivity contribution in [3.8, 4) is 0 Å². The molecule has 9 nitrogen and oxygen atoms in total. The van der Waals surface area contributed by atoms with Crippen LogP contribution in [0.15, 0.2) is 83.8 Å². The van der Waals surface area contributed by atoms with Crippen LogP contribution in [0.2, 0.25) is 0 Å². The van der Waals surface area contributed by atoms with E-state index in [2.05, 4.69) is 5.32 Å². The maximum atomic E-state index is 14.5. The van der Waals surface area contributed by atoms with Crippen molar-refractivity contribution in [1.29, 1.82) is 0 Å². The number of pyridine rings is 1. The van der Waals surface area contributed by atoms with E-state index >= 15 is 0 Å². The number of hydrogen-bond acceptors (Lipinski definition) is 6. The van der Waals surface area contributed by atoms with Crippen LogP contribution < -0.4 is 15.8 Å². The number of carbonyl (C=O) groups is 3. The first-order valence-electron chi connectivity index (χ1n) is 12.5. The number of aromatic nitrogens is 2. The van der Waals surface area contributed by atoms with Crippen molar-refractivity contribution in [3.05, 3.63) is 112 Å². The van der Waals surface area contributed by atoms with E-state index in [-0.39, 0.29) is 18.5 Å². The summed E-state index contributed by atoms with van der Waals surface area (Å²) in [7, 11) is 0. The fourth-order valence-corrected chi connectivity index (χ4v) is 6.22. The maximum Gasteiger partial charge on any atom is 0.331 e. The fourth-order valence-electron chi connectivity index (χ4n) is 6.22. The van der Waals surface area contributed by atoms with Gasteiger partial charge in [-0.3, -0.25) is 29.0 Å². The minimum absolute atomic E-state index is 0.0106. The number of imide groups is 2. The molecule has 9 heteroatoms. The Morgan fingerprint density at radius 2 is 1.68 bits per heavy atom. The molecular weight excluding hydrogens is 482 g/mol. The SMILES string of the molecule is O=C1NC(=O)[C@]2(Cc3c(nc4ccccn4c3=O)N3CCc4ccccc4[C@@H]32)C(=O)N1Cc1ccccc1. The quantitative estimate of drug-likeness (QED) is 0.420. The number of rotatable bonds is 2. The second-order valence-corrected chi connectivity index (χ2v) is 9.98. The van der Waals surface area contributed by atoms with Gasteiger partial charge < -0.3 is 4.90 Å². The molecule has 4 aromatic rings. The second-order valence-electron chi connectivity index (χ2n) is 9.98. The monoisotopic (exact) mass is 505 g/mol. The summed E-state index contributed by atoms with van der Waals surface area (Å²) < 4.78 is 1.43. The van der Waals surface area contributed by atoms with Crippen molar-refractivity contribution >= 4 is 29.3 Å². The summed E-state index contributed by atoms with van der Waals surface area (Å²) in [5.41, 5.74) is 1.35. The van der Waals surface area contributed by atoms with Crippen LogP contribution in [0.4, 0.5) is 10.6 Å². The minimum atomic E-state index is -1.73. The highest BCUT2D eigenvalue weighted by Gasteiger charge is 2.64. The van der Waals surface area contributed by atoms with Crippen LogP contribution >= 0.6 is 0 Å². The number of amides is 4. The molecule has 0 radical (unpaired) electrons. The van der Waals surface area contributed by atoms with Crippen molar-refractivity contribution in [2.24, 2.45) is 5.41 Å². The molecule has 188 valence electrons. The summed E-state index contributed by atoms with van der Waals surface area (Å²) in [4.78, 5) is 63.0. The first kappa shape index (κ1) is 22.4. The van der Waals surface area contributed by atoms with E-state index in [9.17, 15) is 19.2 Å². The molecule has 1 saturated heterocycles. The summed E-state index contributed by atoms with van der Waals surface area (Å²) >= 11 is 0. The smallest absolute Gasteiger partial charge is 0.331 e. The molecule has 4 amide bonds. The Kier molecular flexibility index (Phi) is 4.78. The van der Waals surface area contributed by atoms with Crippen LogP contribution in [0.3, 0.4) is 0 Å². The van der Waals surface area contributed by atoms with E-state index in [4.69, 9.17) is 4.98 Å². The molecule has 0 aliphatic carbocycles. The van der Waals surface area contributed by atoms with E-state index in [1.807, 2.05) is 65.6 Å². The number of benzene rings is 2. The Balaban J connectivity index is 1.47. The van der Waals surface area contributed by atoms with Gasteiger partial charge in [0, 0.05) is 19.2 Å². The predicted molar refractivity (Wildman–Crippen MR) is 138 cm³/mol. The number of fused-ring (bicyclic) bond motifs is 7. The van der Waals surface area contributed by atoms with Crippen molar-refractivity contribution in [2.75, 3.05) is 11.4 Å². The van der Waals surface area contributed by atoms with Gasteiger partial charge in [-0.05, 0) is 35.2 Å². The summed E-state index contributed by atoms with van der Waals surface area (Å²) in [6.07, 6.45) is 2.13. The van der Waals surface area contributed by atoms with Crippen molar-refractivity contribution < 1.29 is 14.4 Å². The first-order chi connectivity index (χ1) is 18.5. The van der Waals surface area contributed by atoms with E-state index in [0.717, 1.165) is 21.6 Å². The number of anilines is 1. The molecule has 0 saturated carbocycles. The van der Waals surface area contributed by atoms with Gasteiger partial charge in [0.05, 0.1) is 18.2 Å². The molecule has 3 aliphatic rings. The minimum Gasteiger partial charge on any atom is -0.347 e. The Morgan fingerprint density at radius 3 is 2.53 bits per heavy atom. The van der Waals surface area contributed by atoms with E-state index in [1.54, 1.807) is 18.3 Å². The van der Waals surface area contributed by atoms with Gasteiger partial charge in [0.15, 0.2) is 5.41 Å². The molecule has 3 aliphatic heterocycles. The van der Waals surface area contributed by atoms with Gasteiger partial charge >= 0.3 is 6.03 Å². The number of hydrogen-bond donors (Lipinski definition) is 1. The molecule has 7 rings (SSSR count). The lowest BCUT2D eigenvalue weighted by Gasteiger charge is -2.53. The summed E-state index contributed by atoms with van der Waals surface area (Å²) in [6.45, 7) is 0.482. The van der Waals surface area contributed by atoms with E-state index < -0.39 is 29.3 Å². The standard InChI is InChI=1S/C29H23N5O4/c35-25-21-16-29(26(36)31-28(38)34(27(29)37)17-18-8-2-1-3-9-18)23-20-11-5-4-10-19(20)13-15-33(23)24(21)30-22-12-6-7-14-32(22)25/h1-12,14,23H,13,15-17H2,(H,31,36,38)/t23-,29-/m1/s1. The molecule has 5 heterocycles. The number of nitrogens with zero attached hydrogens (tertiary/aromatic N) is 4. The summed E-state index contributed by atoms with van der Waals surface area (Å²) in [5, 5.41) is 2.46. The van der Waals surface area contributed by atoms with Gasteiger partial charge in [0.25, 0.3) is 5.56 Å². The van der Waals surface area contributed by atoms with Gasteiger partial charge in [-0.1, -0.05) is 60.7 Å². The van der Waals surface area contributed by atoms with Crippen molar-refractivity contribution in [3.63, 3.8) is 0 Å². The average molecular weight is 506 g/mol. The molecule has 38 heavy (non-hydrogen) atoms. The second kappa shape index (κ2) is 8.11. The van der Waals surface area contributed by atoms with Gasteiger partial charge in [0.1, 0.15) is 11.5 Å². The lowest BCUT2D eigenvalue weighted by atomic mass is 9.65. The third kappa shape index (κ3) is 3.01. The van der Waals surface area contributed by atoms with Crippen LogP contribution in [0.1, 0.15) is 28.3 Å². The Bertz CT molecular complexity index is 1720. The number of carbonyl (C=O) groups excluding carboxylic acids is 3. The van der Waals surface area contributed by atoms with Crippen LogP contribution in [0.25, 0.3) is 5.65 Å². The van der Waals surface area contributed by atoms with Crippen molar-refractivity contribution in [1.82, 2.24) is 19.6 Å². The van der Waals surface area contributed by atoms with Crippen LogP contribution in [0.5, 0.6) is 0 Å². The predicted octanol–water partition coefficient (Wildman–Crippen LogP) is 2.62. The van der Waals surface area contributed by atoms with Crippen LogP contribution in [0, 0.1) is 5.41 Å². The van der Waals surface area contributed by atoms with E-state index in [0.29, 0.717) is 30.0 Å². The Hall–Kier alpha value is -4.79. The van der Waals surface area contributed by atoms with Gasteiger partial charge in [-0.25, -0.2) is 9.78 Å². The zero-order chi connectivity index (χ0) is 26.0. The molecule has 1 N–H and O–H groups in total. The lowest BCUT2D eigenvalue weighted by molar-refractivity contribution is -0.154. The third-order valence-corrected chi connectivity index (χ3v) is 7.96. The van der Waals surface area contributed by atoms with Crippen LogP contribution in [-0.4, -0.2) is 38.7 Å². The van der Waals surface area contributed by atoms with Gasteiger partial charge in [-0.15, -0.1) is 0 Å². The summed E-state index contributed by atoms with van der Waals surface area (Å²) in [6, 6.07) is 20.7. The average Bonchev–Trinajstić information content (AvgIpc) is 2.95. The number of nitrogens with one attached hydrogen (secondary N) is 1. The highest BCUT2D eigenvalue weighted by molar-refractivity contribution is 6.20. The Labute approximate surface area is 217 Å². The topological polar surface area (TPSA) is 104 Å². The molecule has 0 bridgehead atoms. The molecule has 1 spiro atoms. The molecule has 2 atom stereocenters. The zero-order valence-electron chi connectivity index (χ0n) is 20.3. The Morgan fingerprint density at radius 1 is 0.921 bits per heavy atom. The normalized spacial score (nSPS) is 22.2. The lowest BCUT2D eigenvalue weighted by Crippen LogP contribution is -2.70. The summed E-state index contributed by atoms with van der Waals surface area (Å²) in [5.74, 6) is -0.810. The molecule has 2 aromatic carbocycles. The highest BCUT2D eigenvalue weighted by atomic mass is 16.2. The van der Waals surface area contributed by atoms with Gasteiger partial charge in [-0.2, -0.15) is 0 Å². The highest BCUT2D eigenvalue weighted by Crippen LogP contribution is 2.52. The van der Waals surface area contributed by atoms with E-state index in [1.165, 1.54) is 4.40 Å². The third-order valence-electron chi connectivity index (χ3n) is 7.96. The number of urea groups is 1. The maximum absolute atomic E-state index is 14.5. The van der Waals surface area contributed by atoms with Crippen LogP contribution in [-0.2, 0) is 29.0 Å². The molecule has 1 fully saturated rings. The first-order valence-corrected chi connectivity index (χ1v) is 12.5. The van der Waals surface area contributed by atoms with Gasteiger partial charge in [0.2, 0.25) is 11.8 Å². The molecule has 0 unspecified atom stereocenters. The molecular formula is C29H23N5O4. The molecule has 2 aromatic heterocycles. The largest absolute Gasteiger partial charge is 0.347 e.